The minimum absolute atomic E-state index is 4.51. The van der Waals surface area contributed by atoms with Crippen LogP contribution >= 0.6 is 0 Å². The molecule has 2 unspecified atom stereocenters. The van der Waals surface area contributed by atoms with E-state index < -0.39 is 24.3 Å². The van der Waals surface area contributed by atoms with Gasteiger partial charge in [0.2, 0.25) is 6.10 Å². The molecular formula is C4H3F7O2. The van der Waals surface area contributed by atoms with E-state index in [-0.39, 0.29) is 0 Å². The fourth-order valence-corrected chi connectivity index (χ4v) is 0.372. The third-order valence-electron chi connectivity index (χ3n) is 1.07. The van der Waals surface area contributed by atoms with Crippen LogP contribution in [0, 0.1) is 0 Å². The number of hydrogen-bond acceptors (Lipinski definition) is 2. The standard InChI is InChI=1S/C4H3F7O2/c5-2(13,4(9,10)11)1(12)3(6,7)8/h1,12-13H. The van der Waals surface area contributed by atoms with Crippen LogP contribution in [0.3, 0.4) is 0 Å². The first kappa shape index (κ1) is 12.4. The van der Waals surface area contributed by atoms with Crippen LogP contribution in [0.2, 0.25) is 0 Å². The molecule has 2 nitrogen and oxygen atoms in total. The van der Waals surface area contributed by atoms with Crippen molar-refractivity contribution in [2.24, 2.45) is 0 Å². The lowest BCUT2D eigenvalue weighted by atomic mass is 10.1. The summed E-state index contributed by atoms with van der Waals surface area (Å²) >= 11 is 0. The lowest BCUT2D eigenvalue weighted by Gasteiger charge is -2.27. The van der Waals surface area contributed by atoms with Crippen LogP contribution in [0.4, 0.5) is 30.7 Å². The molecule has 0 amide bonds. The molecule has 0 aliphatic carbocycles. The molecule has 0 saturated carbocycles. The van der Waals surface area contributed by atoms with E-state index in [0.717, 1.165) is 0 Å². The molecule has 9 heteroatoms. The van der Waals surface area contributed by atoms with Gasteiger partial charge in [0.05, 0.1) is 0 Å². The maximum atomic E-state index is 11.9. The molecule has 0 aliphatic heterocycles. The van der Waals surface area contributed by atoms with Crippen molar-refractivity contribution in [1.29, 1.82) is 0 Å². The van der Waals surface area contributed by atoms with E-state index >= 15 is 0 Å². The average molecular weight is 216 g/mol. The Morgan fingerprint density at radius 2 is 1.15 bits per heavy atom. The summed E-state index contributed by atoms with van der Waals surface area (Å²) in [5, 5.41) is 15.5. The summed E-state index contributed by atoms with van der Waals surface area (Å²) in [5.74, 6) is -5.69. The van der Waals surface area contributed by atoms with Gasteiger partial charge in [-0.15, -0.1) is 0 Å². The van der Waals surface area contributed by atoms with Crippen LogP contribution in [0.15, 0.2) is 0 Å². The summed E-state index contributed by atoms with van der Waals surface area (Å²) in [7, 11) is 0. The molecule has 0 aliphatic rings. The highest BCUT2D eigenvalue weighted by Gasteiger charge is 2.67. The number of hydrogen-bond donors (Lipinski definition) is 2. The van der Waals surface area contributed by atoms with Crippen LogP contribution in [0.5, 0.6) is 0 Å². The van der Waals surface area contributed by atoms with E-state index in [2.05, 4.69) is 0 Å². The highest BCUT2D eigenvalue weighted by Crippen LogP contribution is 2.40. The molecule has 0 spiro atoms. The second-order valence-electron chi connectivity index (χ2n) is 2.12. The van der Waals surface area contributed by atoms with E-state index in [1.165, 1.54) is 0 Å². The number of rotatable bonds is 1. The second kappa shape index (κ2) is 2.98. The average Bonchev–Trinajstić information content (AvgIpc) is 1.81. The first-order chi connectivity index (χ1) is 5.40. The Balaban J connectivity index is 4.86. The Morgan fingerprint density at radius 1 is 0.846 bits per heavy atom. The van der Waals surface area contributed by atoms with Crippen LogP contribution in [-0.2, 0) is 0 Å². The predicted molar refractivity (Wildman–Crippen MR) is 24.2 cm³/mol. The van der Waals surface area contributed by atoms with E-state index in [1.54, 1.807) is 0 Å². The maximum Gasteiger partial charge on any atom is 0.451 e. The van der Waals surface area contributed by atoms with Gasteiger partial charge in [-0.3, -0.25) is 0 Å². The smallest absolute Gasteiger partial charge is 0.379 e. The minimum Gasteiger partial charge on any atom is -0.379 e. The molecule has 0 aromatic heterocycles. The number of aliphatic hydroxyl groups is 2. The Morgan fingerprint density at radius 3 is 1.23 bits per heavy atom. The maximum absolute atomic E-state index is 11.9. The van der Waals surface area contributed by atoms with Crippen LogP contribution in [0.25, 0.3) is 0 Å². The Labute approximate surface area is 66.6 Å². The molecule has 13 heavy (non-hydrogen) atoms. The van der Waals surface area contributed by atoms with E-state index in [9.17, 15) is 30.7 Å². The predicted octanol–water partition coefficient (Wildman–Crippen LogP) is 1.13. The molecule has 0 aromatic rings. The highest BCUT2D eigenvalue weighted by molar-refractivity contribution is 4.87. The molecule has 0 radical (unpaired) electrons. The van der Waals surface area contributed by atoms with E-state index in [1.807, 2.05) is 0 Å². The molecule has 0 bridgehead atoms. The van der Waals surface area contributed by atoms with Crippen LogP contribution < -0.4 is 0 Å². The molecule has 0 heterocycles. The van der Waals surface area contributed by atoms with Gasteiger partial charge in [-0.2, -0.15) is 30.7 Å². The van der Waals surface area contributed by atoms with Gasteiger partial charge in [-0.05, 0) is 0 Å². The minimum atomic E-state index is -6.21. The highest BCUT2D eigenvalue weighted by atomic mass is 19.4. The van der Waals surface area contributed by atoms with Crippen molar-refractivity contribution >= 4 is 0 Å². The quantitative estimate of drug-likeness (QED) is 0.645. The van der Waals surface area contributed by atoms with Crippen molar-refractivity contribution in [3.8, 4) is 0 Å². The topological polar surface area (TPSA) is 40.5 Å². The van der Waals surface area contributed by atoms with E-state index in [4.69, 9.17) is 10.2 Å². The number of halogens is 7. The summed E-state index contributed by atoms with van der Waals surface area (Å²) < 4.78 is 79.9. The normalized spacial score (nSPS) is 21.0. The van der Waals surface area contributed by atoms with Crippen molar-refractivity contribution in [3.05, 3.63) is 0 Å². The second-order valence-corrected chi connectivity index (χ2v) is 2.12. The fraction of sp³-hybridized carbons (Fsp3) is 1.00. The SMILES string of the molecule is OC(C(F)(F)F)C(O)(F)C(F)(F)F. The zero-order valence-electron chi connectivity index (χ0n) is 5.62. The Kier molecular flexibility index (Phi) is 2.85. The zero-order chi connectivity index (χ0) is 11.1. The molecule has 2 atom stereocenters. The third-order valence-corrected chi connectivity index (χ3v) is 1.07. The summed E-state index contributed by atoms with van der Waals surface area (Å²) in [6.45, 7) is 0. The van der Waals surface area contributed by atoms with Crippen molar-refractivity contribution in [2.75, 3.05) is 0 Å². The van der Waals surface area contributed by atoms with Crippen LogP contribution in [-0.4, -0.2) is 34.5 Å². The third kappa shape index (κ3) is 2.44. The van der Waals surface area contributed by atoms with Gasteiger partial charge in [-0.25, -0.2) is 0 Å². The fourth-order valence-electron chi connectivity index (χ4n) is 0.372. The van der Waals surface area contributed by atoms with Gasteiger partial charge in [0.25, 0.3) is 0 Å². The molecule has 2 N–H and O–H groups in total. The van der Waals surface area contributed by atoms with Gasteiger partial charge in [0.15, 0.2) is 0 Å². The lowest BCUT2D eigenvalue weighted by Crippen LogP contribution is -2.56. The summed E-state index contributed by atoms with van der Waals surface area (Å²) in [4.78, 5) is 0. The molecule has 0 saturated heterocycles. The Bertz CT molecular complexity index is 180. The van der Waals surface area contributed by atoms with Gasteiger partial charge >= 0.3 is 18.2 Å². The first-order valence-corrected chi connectivity index (χ1v) is 2.63. The summed E-state index contributed by atoms with van der Waals surface area (Å²) in [6, 6.07) is 0. The van der Waals surface area contributed by atoms with Gasteiger partial charge in [-0.1, -0.05) is 0 Å². The Hall–Kier alpha value is -0.570. The monoisotopic (exact) mass is 216 g/mol. The summed E-state index contributed by atoms with van der Waals surface area (Å²) in [5.41, 5.74) is 0. The molecule has 80 valence electrons. The van der Waals surface area contributed by atoms with Crippen molar-refractivity contribution in [3.63, 3.8) is 0 Å². The van der Waals surface area contributed by atoms with Gasteiger partial charge in [0, 0.05) is 0 Å². The van der Waals surface area contributed by atoms with Crippen LogP contribution in [0.1, 0.15) is 0 Å². The van der Waals surface area contributed by atoms with E-state index in [0.29, 0.717) is 0 Å². The molecule has 0 fully saturated rings. The molecule has 0 aromatic carbocycles. The van der Waals surface area contributed by atoms with Crippen molar-refractivity contribution in [1.82, 2.24) is 0 Å². The molecular weight excluding hydrogens is 213 g/mol. The molecule has 0 rings (SSSR count). The van der Waals surface area contributed by atoms with Gasteiger partial charge in [0.1, 0.15) is 0 Å². The zero-order valence-corrected chi connectivity index (χ0v) is 5.62. The number of aliphatic hydroxyl groups excluding tert-OH is 1. The summed E-state index contributed by atoms with van der Waals surface area (Å²) in [6.07, 6.45) is -16.6. The van der Waals surface area contributed by atoms with Crippen molar-refractivity contribution < 1.29 is 40.9 Å². The largest absolute Gasteiger partial charge is 0.451 e. The van der Waals surface area contributed by atoms with Gasteiger partial charge < -0.3 is 10.2 Å². The first-order valence-electron chi connectivity index (χ1n) is 2.63. The number of alkyl halides is 7. The van der Waals surface area contributed by atoms with Crippen molar-refractivity contribution in [2.45, 2.75) is 24.3 Å². The lowest BCUT2D eigenvalue weighted by molar-refractivity contribution is -0.385.